The van der Waals surface area contributed by atoms with Gasteiger partial charge >= 0.3 is 0 Å². The molecule has 0 atom stereocenters. The summed E-state index contributed by atoms with van der Waals surface area (Å²) < 4.78 is 27.4. The third-order valence-corrected chi connectivity index (χ3v) is 8.74. The minimum absolute atomic E-state index is 0.0854. The molecule has 1 fully saturated rings. The maximum Gasteiger partial charge on any atom is 0.264 e. The monoisotopic (exact) mass is 480 g/mol. The molecule has 9 heteroatoms. The van der Waals surface area contributed by atoms with E-state index in [2.05, 4.69) is 0 Å². The second-order valence-corrected chi connectivity index (χ2v) is 10.4. The lowest BCUT2D eigenvalue weighted by Crippen LogP contribution is -2.50. The number of sulfonamides is 1. The third kappa shape index (κ3) is 4.00. The van der Waals surface area contributed by atoms with Crippen LogP contribution in [0.25, 0.3) is 11.1 Å². The molecule has 156 valence electrons. The predicted octanol–water partition coefficient (Wildman–Crippen LogP) is 4.87. The van der Waals surface area contributed by atoms with Crippen LogP contribution in [0, 0.1) is 0 Å². The first-order valence-corrected chi connectivity index (χ1v) is 12.3. The summed E-state index contributed by atoms with van der Waals surface area (Å²) in [6.45, 7) is 0.960. The molecular weight excluding hydrogens is 463 g/mol. The van der Waals surface area contributed by atoms with Crippen LogP contribution in [-0.2, 0) is 10.0 Å². The van der Waals surface area contributed by atoms with Gasteiger partial charge in [-0.1, -0.05) is 59.6 Å². The van der Waals surface area contributed by atoms with Crippen molar-refractivity contribution in [2.75, 3.05) is 26.2 Å². The van der Waals surface area contributed by atoms with Crippen LogP contribution in [-0.4, -0.2) is 49.7 Å². The van der Waals surface area contributed by atoms with E-state index in [0.29, 0.717) is 18.0 Å². The van der Waals surface area contributed by atoms with Crippen molar-refractivity contribution in [1.82, 2.24) is 9.21 Å². The molecule has 0 spiro atoms. The van der Waals surface area contributed by atoms with E-state index in [9.17, 15) is 13.2 Å². The first-order chi connectivity index (χ1) is 14.4. The van der Waals surface area contributed by atoms with Gasteiger partial charge in [0.15, 0.2) is 0 Å². The van der Waals surface area contributed by atoms with Gasteiger partial charge in [0, 0.05) is 31.7 Å². The number of nitrogens with zero attached hydrogens (tertiary/aromatic N) is 2. The van der Waals surface area contributed by atoms with Crippen LogP contribution in [0.3, 0.4) is 0 Å². The fourth-order valence-corrected chi connectivity index (χ4v) is 6.85. The number of thiophene rings is 1. The van der Waals surface area contributed by atoms with Gasteiger partial charge in [-0.15, -0.1) is 11.3 Å². The van der Waals surface area contributed by atoms with Gasteiger partial charge in [0.1, 0.15) is 4.90 Å². The van der Waals surface area contributed by atoms with Crippen molar-refractivity contribution in [3.63, 3.8) is 0 Å². The summed E-state index contributed by atoms with van der Waals surface area (Å²) in [6.07, 6.45) is 0. The van der Waals surface area contributed by atoms with E-state index in [-0.39, 0.29) is 33.9 Å². The number of amides is 1. The molecular formula is C21H18Cl2N2O3S2. The number of rotatable bonds is 4. The molecule has 2 heterocycles. The average molecular weight is 481 g/mol. The third-order valence-electron chi connectivity index (χ3n) is 4.99. The summed E-state index contributed by atoms with van der Waals surface area (Å²) in [5, 5.41) is 2.08. The van der Waals surface area contributed by atoms with Crippen LogP contribution >= 0.6 is 34.5 Å². The molecule has 0 aliphatic carbocycles. The summed E-state index contributed by atoms with van der Waals surface area (Å²) >= 11 is 13.6. The summed E-state index contributed by atoms with van der Waals surface area (Å²) in [5.74, 6) is -0.0864. The SMILES string of the molecule is O=C(c1sccc1-c1ccccc1)N1CCN(S(=O)(=O)c2c(Cl)cccc2Cl)CC1. The largest absolute Gasteiger partial charge is 0.335 e. The number of hydrogen-bond acceptors (Lipinski definition) is 4. The first kappa shape index (κ1) is 21.3. The molecule has 2 aromatic carbocycles. The van der Waals surface area contributed by atoms with Gasteiger partial charge in [-0.05, 0) is 29.1 Å². The highest BCUT2D eigenvalue weighted by Crippen LogP contribution is 2.33. The van der Waals surface area contributed by atoms with E-state index in [1.54, 1.807) is 11.0 Å². The molecule has 3 aromatic rings. The van der Waals surface area contributed by atoms with Crippen molar-refractivity contribution in [1.29, 1.82) is 0 Å². The van der Waals surface area contributed by atoms with Crippen LogP contribution in [0.2, 0.25) is 10.0 Å². The van der Waals surface area contributed by atoms with E-state index < -0.39 is 10.0 Å². The minimum atomic E-state index is -3.84. The number of piperazine rings is 1. The second-order valence-electron chi connectivity index (χ2n) is 6.78. The quantitative estimate of drug-likeness (QED) is 0.535. The Hall–Kier alpha value is -1.90. The number of halogens is 2. The molecule has 1 amide bonds. The van der Waals surface area contributed by atoms with Crippen molar-refractivity contribution in [3.8, 4) is 11.1 Å². The maximum absolute atomic E-state index is 13.1. The fourth-order valence-electron chi connectivity index (χ4n) is 3.45. The topological polar surface area (TPSA) is 57.7 Å². The molecule has 0 N–H and O–H groups in total. The molecule has 0 saturated carbocycles. The van der Waals surface area contributed by atoms with Gasteiger partial charge < -0.3 is 4.90 Å². The predicted molar refractivity (Wildman–Crippen MR) is 121 cm³/mol. The summed E-state index contributed by atoms with van der Waals surface area (Å²) in [6, 6.07) is 16.3. The maximum atomic E-state index is 13.1. The second kappa shape index (κ2) is 8.69. The van der Waals surface area contributed by atoms with Gasteiger partial charge in [-0.3, -0.25) is 4.79 Å². The zero-order valence-electron chi connectivity index (χ0n) is 15.8. The fraction of sp³-hybridized carbons (Fsp3) is 0.190. The summed E-state index contributed by atoms with van der Waals surface area (Å²) in [7, 11) is -3.84. The smallest absolute Gasteiger partial charge is 0.264 e. The molecule has 5 nitrogen and oxygen atoms in total. The number of benzene rings is 2. The Labute approximate surface area is 189 Å². The van der Waals surface area contributed by atoms with Crippen molar-refractivity contribution in [2.45, 2.75) is 4.90 Å². The summed E-state index contributed by atoms with van der Waals surface area (Å²) in [5.41, 5.74) is 1.88. The number of carbonyl (C=O) groups excluding carboxylic acids is 1. The standard InChI is InChI=1S/C21H18Cl2N2O3S2/c22-17-7-4-8-18(23)20(17)30(27,28)25-12-10-24(11-13-25)21(26)19-16(9-14-29-19)15-5-2-1-3-6-15/h1-9,14H,10-13H2. The zero-order valence-corrected chi connectivity index (χ0v) is 18.9. The Morgan fingerprint density at radius 3 is 2.13 bits per heavy atom. The lowest BCUT2D eigenvalue weighted by atomic mass is 10.1. The van der Waals surface area contributed by atoms with E-state index in [1.807, 2.05) is 41.8 Å². The average Bonchev–Trinajstić information content (AvgIpc) is 3.23. The Morgan fingerprint density at radius 2 is 1.50 bits per heavy atom. The molecule has 0 unspecified atom stereocenters. The Balaban J connectivity index is 1.51. The molecule has 1 aliphatic rings. The van der Waals surface area contributed by atoms with Crippen molar-refractivity contribution < 1.29 is 13.2 Å². The molecule has 0 bridgehead atoms. The van der Waals surface area contributed by atoms with Gasteiger partial charge in [0.25, 0.3) is 5.91 Å². The highest BCUT2D eigenvalue weighted by atomic mass is 35.5. The van der Waals surface area contributed by atoms with Gasteiger partial charge in [-0.25, -0.2) is 8.42 Å². The normalized spacial score (nSPS) is 15.3. The van der Waals surface area contributed by atoms with Crippen LogP contribution < -0.4 is 0 Å². The highest BCUT2D eigenvalue weighted by molar-refractivity contribution is 7.89. The lowest BCUT2D eigenvalue weighted by molar-refractivity contribution is 0.0703. The molecule has 1 aliphatic heterocycles. The van der Waals surface area contributed by atoms with Crippen LogP contribution in [0.1, 0.15) is 9.67 Å². The van der Waals surface area contributed by atoms with Crippen LogP contribution in [0.5, 0.6) is 0 Å². The van der Waals surface area contributed by atoms with E-state index in [4.69, 9.17) is 23.2 Å². The molecule has 30 heavy (non-hydrogen) atoms. The Bertz CT molecular complexity index is 1150. The van der Waals surface area contributed by atoms with Gasteiger partial charge in [-0.2, -0.15) is 4.31 Å². The Kier molecular flexibility index (Phi) is 6.18. The van der Waals surface area contributed by atoms with Crippen molar-refractivity contribution in [2.24, 2.45) is 0 Å². The Morgan fingerprint density at radius 1 is 0.867 bits per heavy atom. The van der Waals surface area contributed by atoms with E-state index in [0.717, 1.165) is 11.1 Å². The molecule has 4 rings (SSSR count). The number of hydrogen-bond donors (Lipinski definition) is 0. The van der Waals surface area contributed by atoms with Crippen molar-refractivity contribution in [3.05, 3.63) is 74.9 Å². The lowest BCUT2D eigenvalue weighted by Gasteiger charge is -2.34. The van der Waals surface area contributed by atoms with Gasteiger partial charge in [0.05, 0.1) is 14.9 Å². The van der Waals surface area contributed by atoms with Crippen molar-refractivity contribution >= 4 is 50.5 Å². The van der Waals surface area contributed by atoms with Gasteiger partial charge in [0.2, 0.25) is 10.0 Å². The zero-order chi connectivity index (χ0) is 21.3. The molecule has 1 aromatic heterocycles. The van der Waals surface area contributed by atoms with Crippen LogP contribution in [0.15, 0.2) is 64.9 Å². The van der Waals surface area contributed by atoms with E-state index in [1.165, 1.54) is 27.8 Å². The summed E-state index contributed by atoms with van der Waals surface area (Å²) in [4.78, 5) is 15.4. The highest BCUT2D eigenvalue weighted by Gasteiger charge is 2.33. The first-order valence-electron chi connectivity index (χ1n) is 9.26. The number of carbonyl (C=O) groups is 1. The minimum Gasteiger partial charge on any atom is -0.335 e. The molecule has 1 saturated heterocycles. The van der Waals surface area contributed by atoms with Crippen LogP contribution in [0.4, 0.5) is 0 Å². The van der Waals surface area contributed by atoms with E-state index >= 15 is 0 Å². The molecule has 0 radical (unpaired) electrons.